The molecule has 4 nitrogen and oxygen atoms in total. The monoisotopic (exact) mass is 260 g/mol. The summed E-state index contributed by atoms with van der Waals surface area (Å²) in [7, 11) is 1.73. The van der Waals surface area contributed by atoms with E-state index in [1.165, 1.54) is 0 Å². The molecule has 2 rings (SSSR count). The number of anilines is 1. The van der Waals surface area contributed by atoms with Crippen molar-refractivity contribution in [3.8, 4) is 0 Å². The van der Waals surface area contributed by atoms with E-state index in [0.29, 0.717) is 19.4 Å². The van der Waals surface area contributed by atoms with Gasteiger partial charge in [-0.2, -0.15) is 0 Å². The van der Waals surface area contributed by atoms with Gasteiger partial charge in [-0.05, 0) is 31.4 Å². The van der Waals surface area contributed by atoms with Gasteiger partial charge in [0.15, 0.2) is 0 Å². The lowest BCUT2D eigenvalue weighted by molar-refractivity contribution is -0.135. The van der Waals surface area contributed by atoms with Crippen LogP contribution in [0.5, 0.6) is 0 Å². The van der Waals surface area contributed by atoms with E-state index >= 15 is 0 Å². The van der Waals surface area contributed by atoms with E-state index in [2.05, 4.69) is 5.32 Å². The summed E-state index contributed by atoms with van der Waals surface area (Å²) in [6.45, 7) is 2.63. The summed E-state index contributed by atoms with van der Waals surface area (Å²) in [5, 5.41) is 2.84. The van der Waals surface area contributed by atoms with Gasteiger partial charge in [0.25, 0.3) is 0 Å². The molecule has 0 unspecified atom stereocenters. The Morgan fingerprint density at radius 1 is 1.26 bits per heavy atom. The van der Waals surface area contributed by atoms with Crippen LogP contribution < -0.4 is 10.2 Å². The van der Waals surface area contributed by atoms with Crippen molar-refractivity contribution in [2.24, 2.45) is 5.41 Å². The van der Waals surface area contributed by atoms with Gasteiger partial charge in [-0.1, -0.05) is 25.1 Å². The van der Waals surface area contributed by atoms with Gasteiger partial charge in [0.2, 0.25) is 11.8 Å². The average Bonchev–Trinajstić information content (AvgIpc) is 3.25. The zero-order chi connectivity index (χ0) is 13.9. The average molecular weight is 260 g/mol. The van der Waals surface area contributed by atoms with Crippen molar-refractivity contribution in [1.29, 1.82) is 0 Å². The third-order valence-electron chi connectivity index (χ3n) is 3.58. The first-order chi connectivity index (χ1) is 9.12. The van der Waals surface area contributed by atoms with Gasteiger partial charge in [0.05, 0.1) is 0 Å². The molecule has 4 heteroatoms. The minimum atomic E-state index is -0.820. The van der Waals surface area contributed by atoms with Crippen LogP contribution in [-0.4, -0.2) is 25.4 Å². The van der Waals surface area contributed by atoms with E-state index in [0.717, 1.165) is 12.1 Å². The molecule has 0 atom stereocenters. The molecule has 19 heavy (non-hydrogen) atoms. The first-order valence-electron chi connectivity index (χ1n) is 6.73. The Morgan fingerprint density at radius 2 is 1.89 bits per heavy atom. The first-order valence-corrected chi connectivity index (χ1v) is 6.73. The standard InChI is InChI=1S/C15H20N2O2/c1-3-11-16-13(18)15(9-10-15)14(19)17(2)12-7-5-4-6-8-12/h4-8H,3,9-11H2,1-2H3,(H,16,18). The van der Waals surface area contributed by atoms with E-state index in [9.17, 15) is 9.59 Å². The predicted octanol–water partition coefficient (Wildman–Crippen LogP) is 1.96. The Bertz CT molecular complexity index is 466. The second kappa shape index (κ2) is 5.43. The van der Waals surface area contributed by atoms with Gasteiger partial charge >= 0.3 is 0 Å². The summed E-state index contributed by atoms with van der Waals surface area (Å²) in [5.41, 5.74) is 0.00168. The van der Waals surface area contributed by atoms with Crippen LogP contribution in [0.3, 0.4) is 0 Å². The van der Waals surface area contributed by atoms with Crippen LogP contribution >= 0.6 is 0 Å². The van der Waals surface area contributed by atoms with Crippen molar-refractivity contribution < 1.29 is 9.59 Å². The number of carbonyl (C=O) groups is 2. The highest BCUT2D eigenvalue weighted by molar-refractivity contribution is 6.13. The largest absolute Gasteiger partial charge is 0.355 e. The number of para-hydroxylation sites is 1. The van der Waals surface area contributed by atoms with Gasteiger partial charge < -0.3 is 10.2 Å². The van der Waals surface area contributed by atoms with Gasteiger partial charge in [-0.3, -0.25) is 9.59 Å². The quantitative estimate of drug-likeness (QED) is 0.823. The molecular weight excluding hydrogens is 240 g/mol. The number of rotatable bonds is 5. The third kappa shape index (κ3) is 2.62. The molecule has 0 spiro atoms. The molecule has 0 aromatic heterocycles. The summed E-state index contributed by atoms with van der Waals surface area (Å²) in [6.07, 6.45) is 2.18. The normalized spacial score (nSPS) is 15.7. The summed E-state index contributed by atoms with van der Waals surface area (Å²) in [6, 6.07) is 9.42. The van der Waals surface area contributed by atoms with Crippen molar-refractivity contribution >= 4 is 17.5 Å². The minimum Gasteiger partial charge on any atom is -0.355 e. The van der Waals surface area contributed by atoms with E-state index in [1.54, 1.807) is 11.9 Å². The lowest BCUT2D eigenvalue weighted by Gasteiger charge is -2.23. The highest BCUT2D eigenvalue weighted by Gasteiger charge is 2.57. The van der Waals surface area contributed by atoms with Crippen molar-refractivity contribution in [2.45, 2.75) is 26.2 Å². The summed E-state index contributed by atoms with van der Waals surface area (Å²) >= 11 is 0. The van der Waals surface area contributed by atoms with Crippen molar-refractivity contribution in [2.75, 3.05) is 18.5 Å². The molecule has 1 aromatic carbocycles. The predicted molar refractivity (Wildman–Crippen MR) is 74.8 cm³/mol. The highest BCUT2D eigenvalue weighted by Crippen LogP contribution is 2.47. The molecule has 0 bridgehead atoms. The van der Waals surface area contributed by atoms with Crippen molar-refractivity contribution in [3.05, 3.63) is 30.3 Å². The summed E-state index contributed by atoms with van der Waals surface area (Å²) in [5.74, 6) is -0.227. The van der Waals surface area contributed by atoms with Crippen LogP contribution in [0.1, 0.15) is 26.2 Å². The minimum absolute atomic E-state index is 0.104. The number of carbonyl (C=O) groups excluding carboxylic acids is 2. The number of nitrogens with one attached hydrogen (secondary N) is 1. The third-order valence-corrected chi connectivity index (χ3v) is 3.58. The van der Waals surface area contributed by atoms with E-state index in [-0.39, 0.29) is 11.8 Å². The van der Waals surface area contributed by atoms with Crippen LogP contribution in [0.15, 0.2) is 30.3 Å². The van der Waals surface area contributed by atoms with Crippen LogP contribution in [-0.2, 0) is 9.59 Å². The van der Waals surface area contributed by atoms with Crippen LogP contribution in [0.4, 0.5) is 5.69 Å². The highest BCUT2D eigenvalue weighted by atomic mass is 16.2. The summed E-state index contributed by atoms with van der Waals surface area (Å²) in [4.78, 5) is 26.2. The maximum absolute atomic E-state index is 12.5. The van der Waals surface area contributed by atoms with Gasteiger partial charge in [-0.15, -0.1) is 0 Å². The Kier molecular flexibility index (Phi) is 3.88. The molecule has 0 saturated heterocycles. The number of benzene rings is 1. The van der Waals surface area contributed by atoms with Crippen LogP contribution in [0.2, 0.25) is 0 Å². The molecule has 1 aliphatic rings. The SMILES string of the molecule is CCCNC(=O)C1(C(=O)N(C)c2ccccc2)CC1. The second-order valence-corrected chi connectivity index (χ2v) is 5.04. The fraction of sp³-hybridized carbons (Fsp3) is 0.467. The molecule has 1 fully saturated rings. The van der Waals surface area contributed by atoms with Crippen molar-refractivity contribution in [1.82, 2.24) is 5.32 Å². The zero-order valence-corrected chi connectivity index (χ0v) is 11.5. The van der Waals surface area contributed by atoms with Gasteiger partial charge in [0.1, 0.15) is 5.41 Å². The number of nitrogens with zero attached hydrogens (tertiary/aromatic N) is 1. The molecule has 2 amide bonds. The fourth-order valence-electron chi connectivity index (χ4n) is 2.16. The molecule has 1 N–H and O–H groups in total. The van der Waals surface area contributed by atoms with Crippen LogP contribution in [0.25, 0.3) is 0 Å². The Morgan fingerprint density at radius 3 is 2.42 bits per heavy atom. The smallest absolute Gasteiger partial charge is 0.242 e. The molecular formula is C15H20N2O2. The second-order valence-electron chi connectivity index (χ2n) is 5.04. The summed E-state index contributed by atoms with van der Waals surface area (Å²) < 4.78 is 0. The lowest BCUT2D eigenvalue weighted by Crippen LogP contribution is -2.44. The van der Waals surface area contributed by atoms with E-state index in [1.807, 2.05) is 37.3 Å². The zero-order valence-electron chi connectivity index (χ0n) is 11.5. The van der Waals surface area contributed by atoms with E-state index in [4.69, 9.17) is 0 Å². The molecule has 0 radical (unpaired) electrons. The molecule has 1 aliphatic carbocycles. The molecule has 0 heterocycles. The fourth-order valence-corrected chi connectivity index (χ4v) is 2.16. The Balaban J connectivity index is 2.09. The maximum atomic E-state index is 12.5. The van der Waals surface area contributed by atoms with Gasteiger partial charge in [0, 0.05) is 19.3 Å². The number of hydrogen-bond acceptors (Lipinski definition) is 2. The topological polar surface area (TPSA) is 49.4 Å². The Hall–Kier alpha value is -1.84. The van der Waals surface area contributed by atoms with Crippen LogP contribution in [0, 0.1) is 5.41 Å². The molecule has 0 aliphatic heterocycles. The maximum Gasteiger partial charge on any atom is 0.242 e. The number of amides is 2. The van der Waals surface area contributed by atoms with E-state index < -0.39 is 5.41 Å². The van der Waals surface area contributed by atoms with Gasteiger partial charge in [-0.25, -0.2) is 0 Å². The lowest BCUT2D eigenvalue weighted by atomic mass is 10.0. The molecule has 102 valence electrons. The molecule has 1 saturated carbocycles. The first kappa shape index (κ1) is 13.6. The Labute approximate surface area is 113 Å². The molecule has 1 aromatic rings. The van der Waals surface area contributed by atoms with Crippen molar-refractivity contribution in [3.63, 3.8) is 0 Å². The number of hydrogen-bond donors (Lipinski definition) is 1.